The highest BCUT2D eigenvalue weighted by Gasteiger charge is 2.34. The Kier molecular flexibility index (Phi) is 5.05. The van der Waals surface area contributed by atoms with Crippen LogP contribution in [0, 0.1) is 5.92 Å². The summed E-state index contributed by atoms with van der Waals surface area (Å²) in [4.78, 5) is 15.5. The molecule has 1 unspecified atom stereocenters. The summed E-state index contributed by atoms with van der Waals surface area (Å²) >= 11 is 1.50. The first-order chi connectivity index (χ1) is 10.8. The Balaban J connectivity index is 1.51. The van der Waals surface area contributed by atoms with E-state index in [0.717, 1.165) is 17.2 Å². The molecule has 1 atom stereocenters. The summed E-state index contributed by atoms with van der Waals surface area (Å²) < 4.78 is 5.30. The molecule has 1 aromatic carbocycles. The average molecular weight is 318 g/mol. The molecule has 0 spiro atoms. The van der Waals surface area contributed by atoms with Crippen molar-refractivity contribution in [2.75, 3.05) is 26.7 Å². The number of methoxy groups -OCH3 is 1. The molecule has 0 radical (unpaired) electrons. The largest absolute Gasteiger partial charge is 0.496 e. The lowest BCUT2D eigenvalue weighted by atomic mass is 9.84. The molecule has 0 aliphatic carbocycles. The van der Waals surface area contributed by atoms with E-state index >= 15 is 0 Å². The maximum atomic E-state index is 12.1. The number of piperidine rings is 3. The van der Waals surface area contributed by atoms with Crippen LogP contribution in [0.2, 0.25) is 0 Å². The van der Waals surface area contributed by atoms with Crippen LogP contribution in [0.4, 0.5) is 0 Å². The number of thioether (sulfide) groups is 1. The molecule has 0 aromatic heterocycles. The fraction of sp³-hybridized carbons (Fsp3) is 0.471. The highest BCUT2D eigenvalue weighted by molar-refractivity contribution is 8.02. The first kappa shape index (κ1) is 15.4. The summed E-state index contributed by atoms with van der Waals surface area (Å²) in [6, 6.07) is 8.12. The second-order valence-electron chi connectivity index (χ2n) is 5.82. The third-order valence-electron chi connectivity index (χ3n) is 4.47. The quantitative estimate of drug-likeness (QED) is 0.669. The van der Waals surface area contributed by atoms with E-state index in [1.54, 1.807) is 13.2 Å². The number of benzene rings is 1. The van der Waals surface area contributed by atoms with E-state index in [9.17, 15) is 4.79 Å². The highest BCUT2D eigenvalue weighted by Crippen LogP contribution is 2.29. The minimum absolute atomic E-state index is 0.00106. The Morgan fingerprint density at radius 3 is 2.82 bits per heavy atom. The number of hydrogen-bond donors (Lipinski definition) is 1. The number of fused-ring (bicyclic) bond motifs is 3. The molecule has 2 bridgehead atoms. The number of hydrogen-bond acceptors (Lipinski definition) is 4. The van der Waals surface area contributed by atoms with Crippen LogP contribution in [0.1, 0.15) is 12.8 Å². The van der Waals surface area contributed by atoms with Gasteiger partial charge < -0.3 is 15.0 Å². The number of rotatable bonds is 5. The second kappa shape index (κ2) is 7.20. The summed E-state index contributed by atoms with van der Waals surface area (Å²) in [5.74, 6) is 1.49. The van der Waals surface area contributed by atoms with Crippen LogP contribution in [0.25, 0.3) is 0 Å². The van der Waals surface area contributed by atoms with E-state index in [0.29, 0.717) is 12.0 Å². The van der Waals surface area contributed by atoms with Gasteiger partial charge in [0.05, 0.1) is 12.0 Å². The zero-order chi connectivity index (χ0) is 15.4. The molecule has 1 aromatic rings. The van der Waals surface area contributed by atoms with Gasteiger partial charge in [0.2, 0.25) is 5.91 Å². The van der Waals surface area contributed by atoms with Gasteiger partial charge in [0.1, 0.15) is 5.75 Å². The molecule has 5 heteroatoms. The van der Waals surface area contributed by atoms with Crippen molar-refractivity contribution in [1.29, 1.82) is 0 Å². The fourth-order valence-electron chi connectivity index (χ4n) is 3.24. The number of para-hydroxylation sites is 1. The predicted octanol–water partition coefficient (Wildman–Crippen LogP) is 2.51. The SMILES string of the molecule is COc1ccccc1S/C=C\C(=O)NC1CN2CCC1CC2. The van der Waals surface area contributed by atoms with Crippen molar-refractivity contribution in [1.82, 2.24) is 10.2 Å². The summed E-state index contributed by atoms with van der Waals surface area (Å²) in [7, 11) is 1.66. The lowest BCUT2D eigenvalue weighted by molar-refractivity contribution is -0.118. The molecule has 22 heavy (non-hydrogen) atoms. The molecule has 118 valence electrons. The zero-order valence-electron chi connectivity index (χ0n) is 12.8. The third-order valence-corrected chi connectivity index (χ3v) is 5.33. The molecule has 0 saturated carbocycles. The Morgan fingerprint density at radius 2 is 2.14 bits per heavy atom. The number of nitrogens with one attached hydrogen (secondary N) is 1. The third kappa shape index (κ3) is 3.65. The first-order valence-corrected chi connectivity index (χ1v) is 8.63. The number of ether oxygens (including phenoxy) is 1. The number of amides is 1. The van der Waals surface area contributed by atoms with Gasteiger partial charge in [-0.15, -0.1) is 0 Å². The van der Waals surface area contributed by atoms with Gasteiger partial charge >= 0.3 is 0 Å². The predicted molar refractivity (Wildman–Crippen MR) is 89.1 cm³/mol. The molecular formula is C17H22N2O2S. The number of nitrogens with zero attached hydrogens (tertiary/aromatic N) is 1. The van der Waals surface area contributed by atoms with Crippen LogP contribution in [0.5, 0.6) is 5.75 Å². The van der Waals surface area contributed by atoms with Crippen LogP contribution in [-0.4, -0.2) is 43.6 Å². The fourth-order valence-corrected chi connectivity index (χ4v) is 4.01. The Morgan fingerprint density at radius 1 is 1.36 bits per heavy atom. The van der Waals surface area contributed by atoms with Gasteiger partial charge in [0, 0.05) is 18.7 Å². The normalized spacial score (nSPS) is 27.0. The van der Waals surface area contributed by atoms with Crippen LogP contribution in [0.3, 0.4) is 0 Å². The van der Waals surface area contributed by atoms with Crippen LogP contribution < -0.4 is 10.1 Å². The molecule has 3 aliphatic heterocycles. The monoisotopic (exact) mass is 318 g/mol. The molecule has 4 nitrogen and oxygen atoms in total. The minimum atomic E-state index is 0.00106. The van der Waals surface area contributed by atoms with E-state index in [2.05, 4.69) is 10.2 Å². The van der Waals surface area contributed by atoms with E-state index in [1.807, 2.05) is 29.7 Å². The average Bonchev–Trinajstić information content (AvgIpc) is 2.56. The zero-order valence-corrected chi connectivity index (χ0v) is 13.6. The second-order valence-corrected chi connectivity index (χ2v) is 6.77. The number of carbonyl (C=O) groups excluding carboxylic acids is 1. The van der Waals surface area contributed by atoms with Crippen molar-refractivity contribution in [3.63, 3.8) is 0 Å². The molecule has 3 fully saturated rings. The molecule has 4 rings (SSSR count). The van der Waals surface area contributed by atoms with Gasteiger partial charge in [0.15, 0.2) is 0 Å². The molecule has 3 saturated heterocycles. The lowest BCUT2D eigenvalue weighted by Gasteiger charge is -2.44. The van der Waals surface area contributed by atoms with E-state index < -0.39 is 0 Å². The van der Waals surface area contributed by atoms with Crippen LogP contribution in [0.15, 0.2) is 40.6 Å². The highest BCUT2D eigenvalue weighted by atomic mass is 32.2. The smallest absolute Gasteiger partial charge is 0.244 e. The summed E-state index contributed by atoms with van der Waals surface area (Å²) in [5, 5.41) is 4.98. The van der Waals surface area contributed by atoms with Crippen molar-refractivity contribution in [2.24, 2.45) is 5.92 Å². The topological polar surface area (TPSA) is 41.6 Å². The van der Waals surface area contributed by atoms with E-state index in [-0.39, 0.29) is 5.91 Å². The van der Waals surface area contributed by atoms with Crippen molar-refractivity contribution in [2.45, 2.75) is 23.8 Å². The van der Waals surface area contributed by atoms with Gasteiger partial charge in [-0.2, -0.15) is 0 Å². The summed E-state index contributed by atoms with van der Waals surface area (Å²) in [6.45, 7) is 3.39. The molecule has 3 heterocycles. The van der Waals surface area contributed by atoms with E-state index in [4.69, 9.17) is 4.74 Å². The van der Waals surface area contributed by atoms with Crippen molar-refractivity contribution >= 4 is 17.7 Å². The molecule has 1 N–H and O–H groups in total. The molecular weight excluding hydrogens is 296 g/mol. The van der Waals surface area contributed by atoms with Gasteiger partial charge in [-0.3, -0.25) is 4.79 Å². The maximum absolute atomic E-state index is 12.1. The summed E-state index contributed by atoms with van der Waals surface area (Å²) in [5.41, 5.74) is 0. The van der Waals surface area contributed by atoms with Gasteiger partial charge in [-0.25, -0.2) is 0 Å². The Hall–Kier alpha value is -1.46. The number of carbonyl (C=O) groups is 1. The maximum Gasteiger partial charge on any atom is 0.244 e. The van der Waals surface area contributed by atoms with Gasteiger partial charge in [0.25, 0.3) is 0 Å². The van der Waals surface area contributed by atoms with Crippen molar-refractivity contribution < 1.29 is 9.53 Å². The molecule has 3 aliphatic rings. The minimum Gasteiger partial charge on any atom is -0.496 e. The Bertz CT molecular complexity index is 553. The summed E-state index contributed by atoms with van der Waals surface area (Å²) in [6.07, 6.45) is 4.05. The first-order valence-electron chi connectivity index (χ1n) is 7.75. The Labute approximate surface area is 135 Å². The van der Waals surface area contributed by atoms with Crippen LogP contribution in [-0.2, 0) is 4.79 Å². The van der Waals surface area contributed by atoms with Gasteiger partial charge in [-0.1, -0.05) is 23.9 Å². The molecule has 1 amide bonds. The van der Waals surface area contributed by atoms with E-state index in [1.165, 1.54) is 37.7 Å². The standard InChI is InChI=1S/C17H22N2O2S/c1-21-15-4-2-3-5-16(15)22-11-8-17(20)18-14-12-19-9-6-13(14)7-10-19/h2-5,8,11,13-14H,6-7,9-10,12H2,1H3,(H,18,20)/b11-8-. The van der Waals surface area contributed by atoms with Crippen molar-refractivity contribution in [3.8, 4) is 5.75 Å². The van der Waals surface area contributed by atoms with Crippen molar-refractivity contribution in [3.05, 3.63) is 35.7 Å². The van der Waals surface area contributed by atoms with Crippen LogP contribution >= 0.6 is 11.8 Å². The lowest BCUT2D eigenvalue weighted by Crippen LogP contribution is -2.57. The van der Waals surface area contributed by atoms with Gasteiger partial charge in [-0.05, 0) is 49.4 Å².